The lowest BCUT2D eigenvalue weighted by Gasteiger charge is -2.16. The Kier molecular flexibility index (Phi) is 3.28. The zero-order valence-electron chi connectivity index (χ0n) is 11.5. The number of carbonyl (C=O) groups excluding carboxylic acids is 1. The average Bonchev–Trinajstić information content (AvgIpc) is 2.83. The predicted octanol–water partition coefficient (Wildman–Crippen LogP) is 4.51. The van der Waals surface area contributed by atoms with Gasteiger partial charge in [0, 0.05) is 11.3 Å². The largest absolute Gasteiger partial charge is 0.416 e. The molecule has 1 aliphatic heterocycles. The van der Waals surface area contributed by atoms with Crippen LogP contribution in [0.25, 0.3) is 6.08 Å². The van der Waals surface area contributed by atoms with Crippen LogP contribution in [0.3, 0.4) is 0 Å². The molecule has 0 atom stereocenters. The average molecular weight is 303 g/mol. The smallest absolute Gasteiger partial charge is 0.304 e. The molecule has 0 saturated carbocycles. The molecular formula is C17H12F3NO. The molecule has 1 heterocycles. The third-order valence-corrected chi connectivity index (χ3v) is 3.67. The summed E-state index contributed by atoms with van der Waals surface area (Å²) in [6.07, 6.45) is -3.19. The van der Waals surface area contributed by atoms with Crippen molar-refractivity contribution in [2.75, 3.05) is 4.90 Å². The summed E-state index contributed by atoms with van der Waals surface area (Å²) in [5.74, 6) is -0.421. The molecule has 0 radical (unpaired) electrons. The second-order valence-corrected chi connectivity index (χ2v) is 5.02. The van der Waals surface area contributed by atoms with Crippen LogP contribution in [0.2, 0.25) is 0 Å². The van der Waals surface area contributed by atoms with E-state index < -0.39 is 17.6 Å². The number of rotatable bonds is 2. The Morgan fingerprint density at radius 2 is 1.82 bits per heavy atom. The van der Waals surface area contributed by atoms with Crippen LogP contribution in [-0.2, 0) is 12.7 Å². The van der Waals surface area contributed by atoms with Crippen LogP contribution in [-0.4, -0.2) is 5.91 Å². The van der Waals surface area contributed by atoms with Crippen molar-refractivity contribution in [2.24, 2.45) is 0 Å². The van der Waals surface area contributed by atoms with Crippen LogP contribution in [0.15, 0.2) is 49.0 Å². The summed E-state index contributed by atoms with van der Waals surface area (Å²) in [6.45, 7) is 3.41. The number of anilines is 1. The first-order valence-corrected chi connectivity index (χ1v) is 6.65. The molecule has 0 N–H and O–H groups in total. The minimum absolute atomic E-state index is 0.0203. The van der Waals surface area contributed by atoms with Crippen molar-refractivity contribution in [3.05, 3.63) is 71.3 Å². The topological polar surface area (TPSA) is 20.3 Å². The summed E-state index contributed by atoms with van der Waals surface area (Å²) < 4.78 is 39.8. The molecular weight excluding hydrogens is 291 g/mol. The van der Waals surface area contributed by atoms with E-state index in [1.54, 1.807) is 30.3 Å². The highest BCUT2D eigenvalue weighted by Crippen LogP contribution is 2.39. The Hall–Kier alpha value is -2.56. The molecule has 0 saturated heterocycles. The molecule has 22 heavy (non-hydrogen) atoms. The molecule has 5 heteroatoms. The number of carbonyl (C=O) groups is 1. The molecule has 0 fully saturated rings. The number of hydrogen-bond donors (Lipinski definition) is 0. The summed E-state index contributed by atoms with van der Waals surface area (Å²) in [4.78, 5) is 13.8. The molecule has 0 aromatic heterocycles. The standard InChI is InChI=1S/C17H12F3NO/c1-2-11-8-13-14(15(9-11)17(18,19)20)10-21(16(13)22)12-6-4-3-5-7-12/h2-9H,1,10H2. The van der Waals surface area contributed by atoms with Gasteiger partial charge in [0.25, 0.3) is 5.91 Å². The van der Waals surface area contributed by atoms with Crippen molar-refractivity contribution in [1.29, 1.82) is 0 Å². The summed E-state index contributed by atoms with van der Waals surface area (Å²) in [5.41, 5.74) is 0.207. The van der Waals surface area contributed by atoms with E-state index in [9.17, 15) is 18.0 Å². The number of benzene rings is 2. The molecule has 2 aromatic rings. The van der Waals surface area contributed by atoms with Gasteiger partial charge in [0.15, 0.2) is 0 Å². The third kappa shape index (κ3) is 2.28. The van der Waals surface area contributed by atoms with Gasteiger partial charge in [-0.05, 0) is 35.4 Å². The number of alkyl halides is 3. The van der Waals surface area contributed by atoms with Crippen molar-refractivity contribution in [2.45, 2.75) is 12.7 Å². The van der Waals surface area contributed by atoms with Crippen LogP contribution in [0, 0.1) is 0 Å². The Balaban J connectivity index is 2.14. The van der Waals surface area contributed by atoms with Crippen LogP contribution >= 0.6 is 0 Å². The fourth-order valence-corrected chi connectivity index (χ4v) is 2.62. The minimum atomic E-state index is -4.50. The highest BCUT2D eigenvalue weighted by molar-refractivity contribution is 6.10. The quantitative estimate of drug-likeness (QED) is 0.799. The molecule has 1 aliphatic rings. The van der Waals surface area contributed by atoms with E-state index in [0.717, 1.165) is 6.07 Å². The van der Waals surface area contributed by atoms with Gasteiger partial charge in [-0.1, -0.05) is 30.9 Å². The van der Waals surface area contributed by atoms with Crippen molar-refractivity contribution in [3.63, 3.8) is 0 Å². The van der Waals surface area contributed by atoms with Gasteiger partial charge in [0.1, 0.15) is 0 Å². The van der Waals surface area contributed by atoms with Crippen molar-refractivity contribution in [1.82, 2.24) is 0 Å². The van der Waals surface area contributed by atoms with Gasteiger partial charge in [-0.25, -0.2) is 0 Å². The number of nitrogens with zero attached hydrogens (tertiary/aromatic N) is 1. The number of hydrogen-bond acceptors (Lipinski definition) is 1. The number of halogens is 3. The van der Waals surface area contributed by atoms with E-state index in [2.05, 4.69) is 6.58 Å². The van der Waals surface area contributed by atoms with E-state index in [0.29, 0.717) is 5.69 Å². The number of fused-ring (bicyclic) bond motifs is 1. The molecule has 1 amide bonds. The molecule has 2 nitrogen and oxygen atoms in total. The molecule has 0 spiro atoms. The van der Waals surface area contributed by atoms with Crippen LogP contribution < -0.4 is 4.90 Å². The second kappa shape index (κ2) is 5.02. The zero-order valence-corrected chi connectivity index (χ0v) is 11.5. The lowest BCUT2D eigenvalue weighted by molar-refractivity contribution is -0.138. The van der Waals surface area contributed by atoms with Crippen molar-refractivity contribution >= 4 is 17.7 Å². The third-order valence-electron chi connectivity index (χ3n) is 3.67. The summed E-state index contributed by atoms with van der Waals surface area (Å²) in [7, 11) is 0. The van der Waals surface area contributed by atoms with Crippen LogP contribution in [0.5, 0.6) is 0 Å². The van der Waals surface area contributed by atoms with Gasteiger partial charge in [0.2, 0.25) is 0 Å². The maximum absolute atomic E-state index is 13.3. The van der Waals surface area contributed by atoms with Gasteiger partial charge in [-0.2, -0.15) is 13.2 Å². The molecule has 2 aromatic carbocycles. The molecule has 0 bridgehead atoms. The predicted molar refractivity (Wildman–Crippen MR) is 78.5 cm³/mol. The van der Waals surface area contributed by atoms with Gasteiger partial charge >= 0.3 is 6.18 Å². The molecule has 112 valence electrons. The molecule has 0 aliphatic carbocycles. The zero-order chi connectivity index (χ0) is 15.9. The Morgan fingerprint density at radius 1 is 1.14 bits per heavy atom. The molecule has 0 unspecified atom stereocenters. The fraction of sp³-hybridized carbons (Fsp3) is 0.118. The maximum Gasteiger partial charge on any atom is 0.416 e. The van der Waals surface area contributed by atoms with Gasteiger partial charge in [-0.3, -0.25) is 4.79 Å². The summed E-state index contributed by atoms with van der Waals surface area (Å²) in [6, 6.07) is 11.2. The lowest BCUT2D eigenvalue weighted by Crippen LogP contribution is -2.22. The molecule has 3 rings (SSSR count). The first-order valence-electron chi connectivity index (χ1n) is 6.65. The number of amides is 1. The van der Waals surface area contributed by atoms with E-state index in [4.69, 9.17) is 0 Å². The SMILES string of the molecule is C=Cc1cc2c(c(C(F)(F)F)c1)CN(c1ccccc1)C2=O. The highest BCUT2D eigenvalue weighted by Gasteiger charge is 2.40. The van der Waals surface area contributed by atoms with Crippen LogP contribution in [0.4, 0.5) is 18.9 Å². The van der Waals surface area contributed by atoms with E-state index in [-0.39, 0.29) is 23.2 Å². The highest BCUT2D eigenvalue weighted by atomic mass is 19.4. The van der Waals surface area contributed by atoms with Crippen molar-refractivity contribution < 1.29 is 18.0 Å². The summed E-state index contributed by atoms with van der Waals surface area (Å²) >= 11 is 0. The van der Waals surface area contributed by atoms with Gasteiger partial charge in [-0.15, -0.1) is 0 Å². The fourth-order valence-electron chi connectivity index (χ4n) is 2.62. The second-order valence-electron chi connectivity index (χ2n) is 5.02. The first kappa shape index (κ1) is 14.4. The van der Waals surface area contributed by atoms with Crippen molar-refractivity contribution in [3.8, 4) is 0 Å². The van der Waals surface area contributed by atoms with E-state index in [1.807, 2.05) is 0 Å². The number of para-hydroxylation sites is 1. The Bertz CT molecular complexity index is 750. The minimum Gasteiger partial charge on any atom is -0.304 e. The first-order chi connectivity index (χ1) is 10.4. The Labute approximate surface area is 125 Å². The van der Waals surface area contributed by atoms with Gasteiger partial charge < -0.3 is 4.90 Å². The van der Waals surface area contributed by atoms with Crippen LogP contribution in [0.1, 0.15) is 27.0 Å². The maximum atomic E-state index is 13.3. The van der Waals surface area contributed by atoms with E-state index >= 15 is 0 Å². The summed E-state index contributed by atoms with van der Waals surface area (Å²) in [5, 5.41) is 0. The normalized spacial score (nSPS) is 14.1. The van der Waals surface area contributed by atoms with E-state index in [1.165, 1.54) is 17.0 Å². The van der Waals surface area contributed by atoms with Gasteiger partial charge in [0.05, 0.1) is 12.1 Å². The lowest BCUT2D eigenvalue weighted by atomic mass is 9.99. The Morgan fingerprint density at radius 3 is 2.41 bits per heavy atom. The monoisotopic (exact) mass is 303 g/mol.